The first kappa shape index (κ1) is 19.8. The number of nitrogens with zero attached hydrogens (tertiary/aromatic N) is 1. The zero-order chi connectivity index (χ0) is 19.2. The zero-order valence-corrected chi connectivity index (χ0v) is 16.4. The van der Waals surface area contributed by atoms with Crippen molar-refractivity contribution in [3.05, 3.63) is 70.5 Å². The Morgan fingerprint density at radius 1 is 1.15 bits per heavy atom. The number of hydrogen-bond acceptors (Lipinski definition) is 2. The molecule has 1 heterocycles. The molecule has 0 spiro atoms. The van der Waals surface area contributed by atoms with Crippen molar-refractivity contribution in [1.29, 1.82) is 0 Å². The average Bonchev–Trinajstić information content (AvgIpc) is 2.66. The minimum absolute atomic E-state index is 0.124. The molecule has 0 saturated carbocycles. The average molecular weight is 389 g/mol. The number of nitrogens with one attached hydrogen (secondary N) is 1. The molecule has 144 valence electrons. The summed E-state index contributed by atoms with van der Waals surface area (Å²) < 4.78 is 13.2. The van der Waals surface area contributed by atoms with E-state index < -0.39 is 0 Å². The first-order chi connectivity index (χ1) is 13.0. The Kier molecular flexibility index (Phi) is 6.86. The molecular formula is C22H26ClFN2O. The standard InChI is InChI=1S/C22H26ClFN2O/c1-16(27)26-13-11-22(25-12-10-17-2-6-20(23)7-3-17)19(15-26)14-18-4-8-21(24)9-5-18/h2-9,19,22,25H,10-15H2,1H3/t19-,22+/m1/s1. The molecule has 0 aromatic heterocycles. The third-order valence-electron chi connectivity index (χ3n) is 5.32. The number of carbonyl (C=O) groups excluding carboxylic acids is 1. The van der Waals surface area contributed by atoms with Gasteiger partial charge in [-0.3, -0.25) is 4.79 Å². The predicted octanol–water partition coefficient (Wildman–Crippen LogP) is 4.09. The maximum absolute atomic E-state index is 13.2. The molecule has 0 unspecified atom stereocenters. The van der Waals surface area contributed by atoms with Gasteiger partial charge < -0.3 is 10.2 Å². The summed E-state index contributed by atoms with van der Waals surface area (Å²) in [5.41, 5.74) is 2.36. The van der Waals surface area contributed by atoms with Gasteiger partial charge in [-0.15, -0.1) is 0 Å². The minimum atomic E-state index is -0.217. The second-order valence-electron chi connectivity index (χ2n) is 7.28. The summed E-state index contributed by atoms with van der Waals surface area (Å²) in [6.07, 6.45) is 2.71. The number of amides is 1. The Bertz CT molecular complexity index is 748. The Hall–Kier alpha value is -1.91. The van der Waals surface area contributed by atoms with Crippen molar-refractivity contribution in [3.63, 3.8) is 0 Å². The summed E-state index contributed by atoms with van der Waals surface area (Å²) >= 11 is 5.94. The third kappa shape index (κ3) is 5.78. The first-order valence-corrected chi connectivity index (χ1v) is 9.87. The molecule has 0 bridgehead atoms. The van der Waals surface area contributed by atoms with Crippen LogP contribution in [-0.2, 0) is 17.6 Å². The van der Waals surface area contributed by atoms with Gasteiger partial charge in [-0.25, -0.2) is 4.39 Å². The predicted molar refractivity (Wildman–Crippen MR) is 107 cm³/mol. The molecular weight excluding hydrogens is 363 g/mol. The third-order valence-corrected chi connectivity index (χ3v) is 5.58. The lowest BCUT2D eigenvalue weighted by Gasteiger charge is -2.39. The number of likely N-dealkylation sites (tertiary alicyclic amines) is 1. The summed E-state index contributed by atoms with van der Waals surface area (Å²) in [5, 5.41) is 4.43. The van der Waals surface area contributed by atoms with E-state index >= 15 is 0 Å². The topological polar surface area (TPSA) is 32.3 Å². The molecule has 0 radical (unpaired) electrons. The van der Waals surface area contributed by atoms with Gasteiger partial charge in [-0.05, 0) is 67.1 Å². The lowest BCUT2D eigenvalue weighted by molar-refractivity contribution is -0.131. The maximum Gasteiger partial charge on any atom is 0.219 e. The minimum Gasteiger partial charge on any atom is -0.343 e. The maximum atomic E-state index is 13.2. The first-order valence-electron chi connectivity index (χ1n) is 9.49. The van der Waals surface area contributed by atoms with Gasteiger partial charge in [-0.1, -0.05) is 35.9 Å². The van der Waals surface area contributed by atoms with Gasteiger partial charge in [0.1, 0.15) is 5.82 Å². The van der Waals surface area contributed by atoms with Crippen LogP contribution in [0.25, 0.3) is 0 Å². The van der Waals surface area contributed by atoms with E-state index in [0.29, 0.717) is 12.0 Å². The highest BCUT2D eigenvalue weighted by Gasteiger charge is 2.30. The summed E-state index contributed by atoms with van der Waals surface area (Å²) in [6, 6.07) is 15.0. The van der Waals surface area contributed by atoms with Gasteiger partial charge >= 0.3 is 0 Å². The quantitative estimate of drug-likeness (QED) is 0.808. The largest absolute Gasteiger partial charge is 0.343 e. The molecule has 3 nitrogen and oxygen atoms in total. The molecule has 2 atom stereocenters. The highest BCUT2D eigenvalue weighted by Crippen LogP contribution is 2.22. The van der Waals surface area contributed by atoms with Gasteiger partial charge in [-0.2, -0.15) is 0 Å². The highest BCUT2D eigenvalue weighted by molar-refractivity contribution is 6.30. The van der Waals surface area contributed by atoms with E-state index in [0.717, 1.165) is 49.5 Å². The highest BCUT2D eigenvalue weighted by atomic mass is 35.5. The van der Waals surface area contributed by atoms with Crippen molar-refractivity contribution in [2.45, 2.75) is 32.2 Å². The van der Waals surface area contributed by atoms with Gasteiger partial charge in [0.05, 0.1) is 0 Å². The van der Waals surface area contributed by atoms with E-state index in [-0.39, 0.29) is 11.7 Å². The van der Waals surface area contributed by atoms with E-state index in [2.05, 4.69) is 17.4 Å². The molecule has 27 heavy (non-hydrogen) atoms. The SMILES string of the molecule is CC(=O)N1CC[C@H](NCCc2ccc(Cl)cc2)[C@H](Cc2ccc(F)cc2)C1. The van der Waals surface area contributed by atoms with Crippen LogP contribution >= 0.6 is 11.6 Å². The number of hydrogen-bond donors (Lipinski definition) is 1. The van der Waals surface area contributed by atoms with Crippen molar-refractivity contribution in [1.82, 2.24) is 10.2 Å². The number of benzene rings is 2. The number of carbonyl (C=O) groups is 1. The molecule has 1 fully saturated rings. The zero-order valence-electron chi connectivity index (χ0n) is 15.6. The van der Waals surface area contributed by atoms with Crippen LogP contribution in [0.15, 0.2) is 48.5 Å². The van der Waals surface area contributed by atoms with Crippen LogP contribution in [0.2, 0.25) is 5.02 Å². The molecule has 1 N–H and O–H groups in total. The summed E-state index contributed by atoms with van der Waals surface area (Å²) in [4.78, 5) is 13.7. The Labute approximate surface area is 165 Å². The van der Waals surface area contributed by atoms with Crippen LogP contribution in [0.3, 0.4) is 0 Å². The van der Waals surface area contributed by atoms with E-state index in [1.165, 1.54) is 17.7 Å². The smallest absolute Gasteiger partial charge is 0.219 e. The fourth-order valence-corrected chi connectivity index (χ4v) is 3.90. The van der Waals surface area contributed by atoms with Crippen molar-refractivity contribution < 1.29 is 9.18 Å². The van der Waals surface area contributed by atoms with Crippen LogP contribution in [0.1, 0.15) is 24.5 Å². The second-order valence-corrected chi connectivity index (χ2v) is 7.72. The fourth-order valence-electron chi connectivity index (χ4n) is 3.77. The molecule has 3 rings (SSSR count). The van der Waals surface area contributed by atoms with Crippen molar-refractivity contribution in [2.24, 2.45) is 5.92 Å². The summed E-state index contributed by atoms with van der Waals surface area (Å²) in [6.45, 7) is 4.04. The van der Waals surface area contributed by atoms with Gasteiger partial charge in [0.25, 0.3) is 0 Å². The molecule has 1 aliphatic heterocycles. The van der Waals surface area contributed by atoms with Gasteiger partial charge in [0, 0.05) is 31.1 Å². The normalized spacial score (nSPS) is 19.9. The van der Waals surface area contributed by atoms with Crippen LogP contribution in [0, 0.1) is 11.7 Å². The molecule has 1 amide bonds. The molecule has 1 aliphatic rings. The number of piperidine rings is 1. The molecule has 0 aliphatic carbocycles. The van der Waals surface area contributed by atoms with Crippen LogP contribution < -0.4 is 5.32 Å². The second kappa shape index (κ2) is 9.34. The summed E-state index contributed by atoms with van der Waals surface area (Å²) in [7, 11) is 0. The van der Waals surface area contributed by atoms with Crippen LogP contribution in [0.4, 0.5) is 4.39 Å². The van der Waals surface area contributed by atoms with Crippen molar-refractivity contribution in [3.8, 4) is 0 Å². The van der Waals surface area contributed by atoms with Crippen molar-refractivity contribution in [2.75, 3.05) is 19.6 Å². The molecule has 1 saturated heterocycles. The summed E-state index contributed by atoms with van der Waals surface area (Å²) in [5.74, 6) is 0.224. The van der Waals surface area contributed by atoms with Crippen LogP contribution in [-0.4, -0.2) is 36.5 Å². The number of rotatable bonds is 6. The van der Waals surface area contributed by atoms with Crippen molar-refractivity contribution >= 4 is 17.5 Å². The van der Waals surface area contributed by atoms with Gasteiger partial charge in [0.2, 0.25) is 5.91 Å². The lowest BCUT2D eigenvalue weighted by Crippen LogP contribution is -2.51. The Morgan fingerprint density at radius 2 is 1.81 bits per heavy atom. The van der Waals surface area contributed by atoms with Gasteiger partial charge in [0.15, 0.2) is 0 Å². The molecule has 5 heteroatoms. The fraction of sp³-hybridized carbons (Fsp3) is 0.409. The van der Waals surface area contributed by atoms with E-state index in [4.69, 9.17) is 11.6 Å². The monoisotopic (exact) mass is 388 g/mol. The van der Waals surface area contributed by atoms with E-state index in [1.807, 2.05) is 29.2 Å². The molecule has 2 aromatic rings. The van der Waals surface area contributed by atoms with E-state index in [1.54, 1.807) is 6.92 Å². The lowest BCUT2D eigenvalue weighted by atomic mass is 9.86. The Balaban J connectivity index is 1.60. The molecule has 2 aromatic carbocycles. The van der Waals surface area contributed by atoms with E-state index in [9.17, 15) is 9.18 Å². The number of halogens is 2. The Morgan fingerprint density at radius 3 is 2.48 bits per heavy atom. The van der Waals surface area contributed by atoms with Crippen LogP contribution in [0.5, 0.6) is 0 Å².